The van der Waals surface area contributed by atoms with Crippen molar-refractivity contribution in [1.29, 1.82) is 0 Å². The topological polar surface area (TPSA) is 82.3 Å². The van der Waals surface area contributed by atoms with Crippen LogP contribution in [0.3, 0.4) is 0 Å². The van der Waals surface area contributed by atoms with E-state index in [4.69, 9.17) is 0 Å². The first-order chi connectivity index (χ1) is 14.5. The van der Waals surface area contributed by atoms with Crippen molar-refractivity contribution in [1.82, 2.24) is 5.32 Å². The van der Waals surface area contributed by atoms with Gasteiger partial charge in [0.15, 0.2) is 0 Å². The molecule has 4 amide bonds. The van der Waals surface area contributed by atoms with E-state index in [0.29, 0.717) is 30.0 Å². The van der Waals surface area contributed by atoms with Crippen molar-refractivity contribution in [2.75, 3.05) is 22.5 Å². The Morgan fingerprint density at radius 1 is 0.800 bits per heavy atom. The quantitative estimate of drug-likeness (QED) is 0.457. The molecule has 3 rings (SSSR count). The Hall–Kier alpha value is -3.87. The standard InChI is InChI=1S/C23H23FN4O2/c1-16-7-12-20(27-23(30)26-19-5-3-2-4-6-19)15-21(16)28-22(29)25-14-13-17-8-10-18(24)11-9-17/h2-12,15H,13-14H2,1H3,(H2,25,28,29)(H2,26,27,30). The van der Waals surface area contributed by atoms with Gasteiger partial charge in [-0.3, -0.25) is 0 Å². The maximum atomic E-state index is 12.9. The summed E-state index contributed by atoms with van der Waals surface area (Å²) in [6.07, 6.45) is 0.591. The first kappa shape index (κ1) is 20.9. The molecule has 0 bridgehead atoms. The van der Waals surface area contributed by atoms with Crippen LogP contribution in [0.15, 0.2) is 72.8 Å². The normalized spacial score (nSPS) is 10.2. The maximum Gasteiger partial charge on any atom is 0.323 e. The number of carbonyl (C=O) groups excluding carboxylic acids is 2. The zero-order valence-electron chi connectivity index (χ0n) is 16.5. The number of hydrogen-bond acceptors (Lipinski definition) is 2. The lowest BCUT2D eigenvalue weighted by molar-refractivity contribution is 0.252. The van der Waals surface area contributed by atoms with Crippen LogP contribution in [0.4, 0.5) is 31.0 Å². The summed E-state index contributed by atoms with van der Waals surface area (Å²) in [5.74, 6) is -0.286. The second kappa shape index (κ2) is 10.1. The average Bonchev–Trinajstić information content (AvgIpc) is 2.72. The number of benzene rings is 3. The second-order valence-corrected chi connectivity index (χ2v) is 6.73. The van der Waals surface area contributed by atoms with E-state index in [9.17, 15) is 14.0 Å². The van der Waals surface area contributed by atoms with Gasteiger partial charge >= 0.3 is 12.1 Å². The number of hydrogen-bond donors (Lipinski definition) is 4. The molecule has 0 unspecified atom stereocenters. The zero-order valence-corrected chi connectivity index (χ0v) is 16.5. The minimum Gasteiger partial charge on any atom is -0.338 e. The third kappa shape index (κ3) is 6.34. The number of nitrogens with one attached hydrogen (secondary N) is 4. The Balaban J connectivity index is 1.52. The van der Waals surface area contributed by atoms with Gasteiger partial charge in [0.1, 0.15) is 5.82 Å². The van der Waals surface area contributed by atoms with Crippen LogP contribution in [0.1, 0.15) is 11.1 Å². The fraction of sp³-hybridized carbons (Fsp3) is 0.130. The molecule has 0 aliphatic rings. The first-order valence-corrected chi connectivity index (χ1v) is 9.52. The van der Waals surface area contributed by atoms with Crippen LogP contribution in [0.5, 0.6) is 0 Å². The molecule has 3 aromatic rings. The summed E-state index contributed by atoms with van der Waals surface area (Å²) in [6, 6.07) is 19.8. The van der Waals surface area contributed by atoms with Gasteiger partial charge in [-0.1, -0.05) is 36.4 Å². The van der Waals surface area contributed by atoms with Gasteiger partial charge in [0.05, 0.1) is 0 Å². The third-order valence-corrected chi connectivity index (χ3v) is 4.39. The van der Waals surface area contributed by atoms with Crippen molar-refractivity contribution in [2.45, 2.75) is 13.3 Å². The number of carbonyl (C=O) groups is 2. The minimum atomic E-state index is -0.375. The van der Waals surface area contributed by atoms with E-state index in [1.165, 1.54) is 12.1 Å². The highest BCUT2D eigenvalue weighted by atomic mass is 19.1. The van der Waals surface area contributed by atoms with E-state index < -0.39 is 0 Å². The maximum absolute atomic E-state index is 12.9. The van der Waals surface area contributed by atoms with Crippen LogP contribution in [-0.4, -0.2) is 18.6 Å². The highest BCUT2D eigenvalue weighted by Crippen LogP contribution is 2.20. The Morgan fingerprint density at radius 2 is 1.50 bits per heavy atom. The lowest BCUT2D eigenvalue weighted by atomic mass is 10.1. The van der Waals surface area contributed by atoms with Gasteiger partial charge < -0.3 is 21.3 Å². The Labute approximate surface area is 174 Å². The van der Waals surface area contributed by atoms with Gasteiger partial charge in [0.25, 0.3) is 0 Å². The molecule has 3 aromatic carbocycles. The molecule has 7 heteroatoms. The molecule has 0 fully saturated rings. The van der Waals surface area contributed by atoms with Crippen molar-refractivity contribution in [3.63, 3.8) is 0 Å². The molecular formula is C23H23FN4O2. The van der Waals surface area contributed by atoms with Crippen molar-refractivity contribution in [2.24, 2.45) is 0 Å². The van der Waals surface area contributed by atoms with Crippen LogP contribution in [0.25, 0.3) is 0 Å². The predicted octanol–water partition coefficient (Wildman–Crippen LogP) is 5.14. The van der Waals surface area contributed by atoms with Crippen molar-refractivity contribution in [3.05, 3.63) is 89.7 Å². The summed E-state index contributed by atoms with van der Waals surface area (Å²) in [5, 5.41) is 11.0. The van der Waals surface area contributed by atoms with E-state index in [-0.39, 0.29) is 17.9 Å². The number of halogens is 1. The number of aryl methyl sites for hydroxylation is 1. The monoisotopic (exact) mass is 406 g/mol. The molecule has 0 atom stereocenters. The van der Waals surface area contributed by atoms with Crippen molar-refractivity contribution >= 4 is 29.1 Å². The first-order valence-electron chi connectivity index (χ1n) is 9.52. The zero-order chi connectivity index (χ0) is 21.3. The largest absolute Gasteiger partial charge is 0.338 e. The van der Waals surface area contributed by atoms with Gasteiger partial charge in [-0.05, 0) is 60.9 Å². The summed E-state index contributed by atoms with van der Waals surface area (Å²) < 4.78 is 12.9. The molecule has 0 aliphatic heterocycles. The minimum absolute atomic E-state index is 0.286. The molecule has 6 nitrogen and oxygen atoms in total. The molecule has 30 heavy (non-hydrogen) atoms. The van der Waals surface area contributed by atoms with Gasteiger partial charge in [-0.15, -0.1) is 0 Å². The van der Waals surface area contributed by atoms with Crippen LogP contribution in [0.2, 0.25) is 0 Å². The Kier molecular flexibility index (Phi) is 7.00. The van der Waals surface area contributed by atoms with Crippen LogP contribution >= 0.6 is 0 Å². The smallest absolute Gasteiger partial charge is 0.323 e. The van der Waals surface area contributed by atoms with Crippen molar-refractivity contribution < 1.29 is 14.0 Å². The molecule has 0 spiro atoms. The van der Waals surface area contributed by atoms with E-state index >= 15 is 0 Å². The SMILES string of the molecule is Cc1ccc(NC(=O)Nc2ccccc2)cc1NC(=O)NCCc1ccc(F)cc1. The van der Waals surface area contributed by atoms with Crippen LogP contribution < -0.4 is 21.3 Å². The van der Waals surface area contributed by atoms with Gasteiger partial charge in [-0.2, -0.15) is 0 Å². The fourth-order valence-corrected chi connectivity index (χ4v) is 2.79. The highest BCUT2D eigenvalue weighted by Gasteiger charge is 2.08. The van der Waals surface area contributed by atoms with Crippen LogP contribution in [-0.2, 0) is 6.42 Å². The molecule has 0 saturated heterocycles. The van der Waals surface area contributed by atoms with Crippen LogP contribution in [0, 0.1) is 12.7 Å². The number of amides is 4. The van der Waals surface area contributed by atoms with Gasteiger partial charge in [0.2, 0.25) is 0 Å². The Bertz CT molecular complexity index is 1010. The molecule has 4 N–H and O–H groups in total. The van der Waals surface area contributed by atoms with E-state index in [0.717, 1.165) is 11.1 Å². The summed E-state index contributed by atoms with van der Waals surface area (Å²) in [4.78, 5) is 24.4. The molecule has 0 aliphatic carbocycles. The highest BCUT2D eigenvalue weighted by molar-refractivity contribution is 6.00. The van der Waals surface area contributed by atoms with Gasteiger partial charge in [0, 0.05) is 23.6 Å². The summed E-state index contributed by atoms with van der Waals surface area (Å²) in [5.41, 5.74) is 3.62. The van der Waals surface area contributed by atoms with Gasteiger partial charge in [-0.25, -0.2) is 14.0 Å². The third-order valence-electron chi connectivity index (χ3n) is 4.39. The molecule has 154 valence electrons. The average molecular weight is 406 g/mol. The molecule has 0 aromatic heterocycles. The summed E-state index contributed by atoms with van der Waals surface area (Å²) >= 11 is 0. The fourth-order valence-electron chi connectivity index (χ4n) is 2.79. The Morgan fingerprint density at radius 3 is 2.23 bits per heavy atom. The number of anilines is 3. The lowest BCUT2D eigenvalue weighted by Gasteiger charge is -2.13. The van der Waals surface area contributed by atoms with Crippen molar-refractivity contribution in [3.8, 4) is 0 Å². The summed E-state index contributed by atoms with van der Waals surface area (Å²) in [7, 11) is 0. The molecule has 0 saturated carbocycles. The summed E-state index contributed by atoms with van der Waals surface area (Å²) in [6.45, 7) is 2.27. The number of para-hydroxylation sites is 1. The van der Waals surface area contributed by atoms with E-state index in [2.05, 4.69) is 21.3 Å². The molecule has 0 heterocycles. The van der Waals surface area contributed by atoms with E-state index in [1.54, 1.807) is 36.4 Å². The number of rotatable bonds is 6. The number of urea groups is 2. The van der Waals surface area contributed by atoms with E-state index in [1.807, 2.05) is 31.2 Å². The molecular weight excluding hydrogens is 383 g/mol. The predicted molar refractivity (Wildman–Crippen MR) is 117 cm³/mol. The molecule has 0 radical (unpaired) electrons. The lowest BCUT2D eigenvalue weighted by Crippen LogP contribution is -2.30. The second-order valence-electron chi connectivity index (χ2n) is 6.73.